The number of anilines is 2. The third kappa shape index (κ3) is 7.55. The zero-order valence-electron chi connectivity index (χ0n) is 28.7. The number of methoxy groups -OCH3 is 2. The van der Waals surface area contributed by atoms with E-state index in [0.29, 0.717) is 5.56 Å². The summed E-state index contributed by atoms with van der Waals surface area (Å²) in [7, 11) is 5.54. The van der Waals surface area contributed by atoms with Crippen LogP contribution in [0.3, 0.4) is 0 Å². The average Bonchev–Trinajstić information content (AvgIpc) is 3.42. The summed E-state index contributed by atoms with van der Waals surface area (Å²) in [5, 5.41) is 4.82. The Morgan fingerprint density at radius 1 is 0.841 bits per heavy atom. The number of benzene rings is 2. The van der Waals surface area contributed by atoms with Crippen LogP contribution in [0.1, 0.15) is 106 Å². The van der Waals surface area contributed by atoms with E-state index in [4.69, 9.17) is 14.6 Å². The topological polar surface area (TPSA) is 59.8 Å². The summed E-state index contributed by atoms with van der Waals surface area (Å²) >= 11 is 0. The lowest BCUT2D eigenvalue weighted by Crippen LogP contribution is -2.54. The van der Waals surface area contributed by atoms with Crippen molar-refractivity contribution in [2.24, 2.45) is 7.05 Å². The maximum atomic E-state index is 14.1. The first-order valence-corrected chi connectivity index (χ1v) is 16.8. The summed E-state index contributed by atoms with van der Waals surface area (Å²) in [6.45, 7) is 16.4. The highest BCUT2D eigenvalue weighted by Gasteiger charge is 2.54. The number of ether oxygens (including phenoxy) is 2. The van der Waals surface area contributed by atoms with Crippen molar-refractivity contribution in [3.63, 3.8) is 0 Å². The Labute approximate surface area is 266 Å². The zero-order valence-corrected chi connectivity index (χ0v) is 28.7. The van der Waals surface area contributed by atoms with Crippen molar-refractivity contribution < 1.29 is 14.3 Å². The molecule has 0 spiro atoms. The zero-order chi connectivity index (χ0) is 32.2. The molecule has 2 unspecified atom stereocenters. The molecule has 1 fully saturated rings. The summed E-state index contributed by atoms with van der Waals surface area (Å²) in [5.41, 5.74) is 4.71. The van der Waals surface area contributed by atoms with Gasteiger partial charge in [-0.25, -0.2) is 0 Å². The Bertz CT molecular complexity index is 1270. The second-order valence-electron chi connectivity index (χ2n) is 11.4. The molecule has 0 N–H and O–H groups in total. The number of rotatable bonds is 16. The van der Waals surface area contributed by atoms with E-state index < -0.39 is 0 Å². The third-order valence-electron chi connectivity index (χ3n) is 8.81. The normalized spacial score (nSPS) is 19.1. The lowest BCUT2D eigenvalue weighted by molar-refractivity contribution is -0.115. The standard InChI is InChI=1S/C35H50N4O3.C2H6/c1-8-12-21-39(22-13-9-2)29-20-19-26(23-27(29)32(40)25-17-15-14-16-18-25)30-33(41-6)31(34(30)42-7)28-24-37(5)36-35(28)38(10-3)11-4;1-2/h14-20,23-24,30-31,33-34H,8-13,21-22H2,1-7H3;1-2H3. The highest BCUT2D eigenvalue weighted by Crippen LogP contribution is 2.53. The Kier molecular flexibility index (Phi) is 13.9. The fraction of sp³-hybridized carbons (Fsp3) is 0.568. The minimum atomic E-state index is -0.102. The van der Waals surface area contributed by atoms with Crippen molar-refractivity contribution in [3.8, 4) is 0 Å². The van der Waals surface area contributed by atoms with E-state index in [2.05, 4.69) is 61.9 Å². The van der Waals surface area contributed by atoms with Crippen LogP contribution in [-0.4, -0.2) is 68.2 Å². The van der Waals surface area contributed by atoms with Crippen LogP contribution in [0.2, 0.25) is 0 Å². The van der Waals surface area contributed by atoms with Gasteiger partial charge in [-0.3, -0.25) is 9.48 Å². The molecule has 0 bridgehead atoms. The lowest BCUT2D eigenvalue weighted by atomic mass is 9.63. The van der Waals surface area contributed by atoms with Crippen LogP contribution in [0.5, 0.6) is 0 Å². The first-order chi connectivity index (χ1) is 21.4. The molecular weight excluding hydrogens is 548 g/mol. The Morgan fingerprint density at radius 3 is 1.95 bits per heavy atom. The second kappa shape index (κ2) is 17.4. The van der Waals surface area contributed by atoms with Crippen LogP contribution in [-0.2, 0) is 16.5 Å². The van der Waals surface area contributed by atoms with Crippen molar-refractivity contribution >= 4 is 17.3 Å². The average molecular weight is 605 g/mol. The maximum absolute atomic E-state index is 14.1. The lowest BCUT2D eigenvalue weighted by Gasteiger charge is -2.50. The van der Waals surface area contributed by atoms with Crippen molar-refractivity contribution in [2.75, 3.05) is 50.2 Å². The quantitative estimate of drug-likeness (QED) is 0.155. The van der Waals surface area contributed by atoms with E-state index in [9.17, 15) is 4.79 Å². The number of carbonyl (C=O) groups excluding carboxylic acids is 1. The number of hydrogen-bond acceptors (Lipinski definition) is 6. The Hall–Kier alpha value is -3.16. The van der Waals surface area contributed by atoms with Crippen LogP contribution in [0.15, 0.2) is 54.7 Å². The van der Waals surface area contributed by atoms with Gasteiger partial charge < -0.3 is 19.3 Å². The molecular formula is C37H56N4O3. The van der Waals surface area contributed by atoms with Gasteiger partial charge in [-0.1, -0.05) is 76.9 Å². The molecule has 242 valence electrons. The molecule has 1 aromatic heterocycles. The Morgan fingerprint density at radius 2 is 1.43 bits per heavy atom. The van der Waals surface area contributed by atoms with E-state index in [1.165, 1.54) is 0 Å². The number of nitrogens with zero attached hydrogens (tertiary/aromatic N) is 4. The van der Waals surface area contributed by atoms with Gasteiger partial charge in [0.15, 0.2) is 11.6 Å². The van der Waals surface area contributed by atoms with Crippen LogP contribution < -0.4 is 9.80 Å². The fourth-order valence-corrected chi connectivity index (χ4v) is 6.51. The molecule has 4 rings (SSSR count). The fourth-order valence-electron chi connectivity index (χ4n) is 6.51. The van der Waals surface area contributed by atoms with Gasteiger partial charge in [-0.15, -0.1) is 0 Å². The monoisotopic (exact) mass is 604 g/mol. The molecule has 0 radical (unpaired) electrons. The van der Waals surface area contributed by atoms with Gasteiger partial charge in [0.25, 0.3) is 0 Å². The first-order valence-electron chi connectivity index (χ1n) is 16.8. The van der Waals surface area contributed by atoms with E-state index in [0.717, 1.165) is 80.1 Å². The molecule has 44 heavy (non-hydrogen) atoms. The summed E-state index contributed by atoms with van der Waals surface area (Å²) in [5.74, 6) is 1.08. The van der Waals surface area contributed by atoms with Gasteiger partial charge in [0.1, 0.15) is 0 Å². The van der Waals surface area contributed by atoms with Crippen LogP contribution in [0, 0.1) is 0 Å². The van der Waals surface area contributed by atoms with Gasteiger partial charge in [0.05, 0.1) is 12.2 Å². The largest absolute Gasteiger partial charge is 0.380 e. The Balaban J connectivity index is 0.00000259. The van der Waals surface area contributed by atoms with Gasteiger partial charge >= 0.3 is 0 Å². The van der Waals surface area contributed by atoms with Gasteiger partial charge in [-0.2, -0.15) is 5.10 Å². The molecule has 1 aliphatic rings. The third-order valence-corrected chi connectivity index (χ3v) is 8.81. The van der Waals surface area contributed by atoms with Crippen LogP contribution in [0.4, 0.5) is 11.5 Å². The molecule has 3 aromatic rings. The molecule has 2 atom stereocenters. The molecule has 7 heteroatoms. The number of hydrogen-bond donors (Lipinski definition) is 0. The van der Waals surface area contributed by atoms with Gasteiger partial charge in [0, 0.05) is 87.9 Å². The predicted molar refractivity (Wildman–Crippen MR) is 184 cm³/mol. The summed E-state index contributed by atoms with van der Waals surface area (Å²) in [4.78, 5) is 18.8. The SMILES string of the molecule is CC.CCCCN(CCCC)c1ccc(C2C(OC)C(c3cn(C)nc3N(CC)CC)C2OC)cc1C(=O)c1ccccc1. The van der Waals surface area contributed by atoms with E-state index in [1.54, 1.807) is 14.2 Å². The van der Waals surface area contributed by atoms with Crippen molar-refractivity contribution in [1.29, 1.82) is 0 Å². The maximum Gasteiger partial charge on any atom is 0.195 e. The van der Waals surface area contributed by atoms with Crippen molar-refractivity contribution in [1.82, 2.24) is 9.78 Å². The number of aryl methyl sites for hydroxylation is 1. The summed E-state index contributed by atoms with van der Waals surface area (Å²) < 4.78 is 14.3. The highest BCUT2D eigenvalue weighted by molar-refractivity contribution is 6.12. The highest BCUT2D eigenvalue weighted by atomic mass is 16.5. The van der Waals surface area contributed by atoms with E-state index in [1.807, 2.05) is 55.9 Å². The molecule has 7 nitrogen and oxygen atoms in total. The van der Waals surface area contributed by atoms with E-state index in [-0.39, 0.29) is 29.8 Å². The number of ketones is 1. The molecule has 1 heterocycles. The molecule has 1 aliphatic carbocycles. The molecule has 0 amide bonds. The minimum absolute atomic E-state index is 0.00846. The van der Waals surface area contributed by atoms with Crippen LogP contribution >= 0.6 is 0 Å². The molecule has 0 aliphatic heterocycles. The molecule has 2 aromatic carbocycles. The number of carbonyl (C=O) groups is 1. The van der Waals surface area contributed by atoms with E-state index >= 15 is 0 Å². The first kappa shape index (κ1) is 35.3. The van der Waals surface area contributed by atoms with Gasteiger partial charge in [0.2, 0.25) is 0 Å². The van der Waals surface area contributed by atoms with Crippen LogP contribution in [0.25, 0.3) is 0 Å². The number of aromatic nitrogens is 2. The van der Waals surface area contributed by atoms with Crippen molar-refractivity contribution in [2.45, 2.75) is 91.3 Å². The predicted octanol–water partition coefficient (Wildman–Crippen LogP) is 7.84. The minimum Gasteiger partial charge on any atom is -0.380 e. The van der Waals surface area contributed by atoms with Gasteiger partial charge in [-0.05, 0) is 44.4 Å². The molecule has 0 saturated heterocycles. The second-order valence-corrected chi connectivity index (χ2v) is 11.4. The summed E-state index contributed by atoms with van der Waals surface area (Å²) in [6, 6.07) is 16.1. The molecule has 1 saturated carbocycles. The smallest absolute Gasteiger partial charge is 0.195 e. The van der Waals surface area contributed by atoms with Crippen molar-refractivity contribution in [3.05, 3.63) is 77.0 Å². The summed E-state index contributed by atoms with van der Waals surface area (Å²) in [6.07, 6.45) is 6.31. The number of unbranched alkanes of at least 4 members (excludes halogenated alkanes) is 2.